The third kappa shape index (κ3) is 2.56. The zero-order valence-electron chi connectivity index (χ0n) is 9.73. The summed E-state index contributed by atoms with van der Waals surface area (Å²) in [7, 11) is 4.03. The molecule has 0 radical (unpaired) electrons. The number of nitrogens with zero attached hydrogens (tertiary/aromatic N) is 3. The second-order valence-electron chi connectivity index (χ2n) is 4.69. The highest BCUT2D eigenvalue weighted by atomic mass is 35.5. The van der Waals surface area contributed by atoms with E-state index in [0.717, 1.165) is 31.6 Å². The first-order valence-corrected chi connectivity index (χ1v) is 6.01. The third-order valence-electron chi connectivity index (χ3n) is 2.94. The fourth-order valence-electron chi connectivity index (χ4n) is 1.77. The molecule has 1 fully saturated rings. The first kappa shape index (κ1) is 11.9. The Labute approximate surface area is 101 Å². The first-order valence-electron chi connectivity index (χ1n) is 5.63. The van der Waals surface area contributed by atoms with Gasteiger partial charge in [0.05, 0.1) is 29.6 Å². The van der Waals surface area contributed by atoms with E-state index < -0.39 is 6.10 Å². The molecule has 0 saturated heterocycles. The molecule has 1 aromatic heterocycles. The summed E-state index contributed by atoms with van der Waals surface area (Å²) in [6.45, 7) is 1.65. The number of aliphatic hydroxyl groups is 1. The summed E-state index contributed by atoms with van der Waals surface area (Å²) in [4.78, 5) is 2.09. The third-order valence-corrected chi connectivity index (χ3v) is 3.23. The van der Waals surface area contributed by atoms with Crippen LogP contribution in [0.15, 0.2) is 6.20 Å². The van der Waals surface area contributed by atoms with Crippen LogP contribution in [-0.2, 0) is 6.54 Å². The largest absolute Gasteiger partial charge is 0.386 e. The van der Waals surface area contributed by atoms with Crippen LogP contribution in [0.5, 0.6) is 0 Å². The molecule has 0 bridgehead atoms. The van der Waals surface area contributed by atoms with Crippen LogP contribution in [0.4, 0.5) is 0 Å². The van der Waals surface area contributed by atoms with E-state index in [0.29, 0.717) is 10.9 Å². The minimum Gasteiger partial charge on any atom is -0.386 e. The van der Waals surface area contributed by atoms with E-state index in [2.05, 4.69) is 10.00 Å². The van der Waals surface area contributed by atoms with Gasteiger partial charge in [-0.3, -0.25) is 4.68 Å². The molecule has 16 heavy (non-hydrogen) atoms. The Kier molecular flexibility index (Phi) is 3.52. The minimum absolute atomic E-state index is 0.382. The van der Waals surface area contributed by atoms with Gasteiger partial charge in [0.25, 0.3) is 0 Å². The second kappa shape index (κ2) is 4.73. The van der Waals surface area contributed by atoms with Crippen LogP contribution < -0.4 is 0 Å². The van der Waals surface area contributed by atoms with Crippen molar-refractivity contribution in [1.82, 2.24) is 14.7 Å². The predicted molar refractivity (Wildman–Crippen MR) is 63.5 cm³/mol. The molecule has 0 aliphatic heterocycles. The molecule has 2 rings (SSSR count). The van der Waals surface area contributed by atoms with Gasteiger partial charge in [-0.15, -0.1) is 0 Å². The molecule has 90 valence electrons. The Morgan fingerprint density at radius 3 is 2.88 bits per heavy atom. The number of aliphatic hydroxyl groups excluding tert-OH is 1. The highest BCUT2D eigenvalue weighted by Gasteiger charge is 2.34. The number of likely N-dealkylation sites (N-methyl/N-ethyl adjacent to an activating group) is 1. The molecule has 0 spiro atoms. The van der Waals surface area contributed by atoms with Crippen molar-refractivity contribution in [2.24, 2.45) is 5.92 Å². The van der Waals surface area contributed by atoms with Gasteiger partial charge in [-0.1, -0.05) is 11.6 Å². The molecule has 1 unspecified atom stereocenters. The van der Waals surface area contributed by atoms with Crippen molar-refractivity contribution in [3.05, 3.63) is 16.9 Å². The molecular formula is C11H18ClN3O. The number of hydrogen-bond donors (Lipinski definition) is 1. The molecule has 1 aliphatic rings. The highest BCUT2D eigenvalue weighted by Crippen LogP contribution is 2.42. The molecule has 1 saturated carbocycles. The van der Waals surface area contributed by atoms with Crippen molar-refractivity contribution in [2.75, 3.05) is 20.6 Å². The summed E-state index contributed by atoms with van der Waals surface area (Å²) in [5.74, 6) is 0.382. The number of rotatable bonds is 5. The van der Waals surface area contributed by atoms with E-state index in [1.807, 2.05) is 18.8 Å². The summed E-state index contributed by atoms with van der Waals surface area (Å²) in [5, 5.41) is 14.9. The van der Waals surface area contributed by atoms with E-state index >= 15 is 0 Å². The van der Waals surface area contributed by atoms with Crippen LogP contribution >= 0.6 is 11.6 Å². The fourth-order valence-corrected chi connectivity index (χ4v) is 2.03. The van der Waals surface area contributed by atoms with Crippen LogP contribution in [0, 0.1) is 5.92 Å². The van der Waals surface area contributed by atoms with Crippen LogP contribution in [0.1, 0.15) is 24.6 Å². The molecule has 5 heteroatoms. The Morgan fingerprint density at radius 2 is 2.31 bits per heavy atom. The van der Waals surface area contributed by atoms with Gasteiger partial charge >= 0.3 is 0 Å². The molecule has 1 atom stereocenters. The Morgan fingerprint density at radius 1 is 1.62 bits per heavy atom. The molecule has 0 aromatic carbocycles. The predicted octanol–water partition coefficient (Wildman–Crippen LogP) is 1.54. The lowest BCUT2D eigenvalue weighted by Crippen LogP contribution is -2.21. The SMILES string of the molecule is CN(C)CCn1ncc(Cl)c1C(O)C1CC1. The van der Waals surface area contributed by atoms with E-state index in [1.165, 1.54) is 0 Å². The summed E-state index contributed by atoms with van der Waals surface area (Å²) in [6, 6.07) is 0. The summed E-state index contributed by atoms with van der Waals surface area (Å²) >= 11 is 6.07. The first-order chi connectivity index (χ1) is 7.59. The monoisotopic (exact) mass is 243 g/mol. The van der Waals surface area contributed by atoms with E-state index in [1.54, 1.807) is 6.20 Å². The smallest absolute Gasteiger partial charge is 0.0999 e. The number of halogens is 1. The molecule has 1 heterocycles. The maximum absolute atomic E-state index is 10.1. The summed E-state index contributed by atoms with van der Waals surface area (Å²) in [5.41, 5.74) is 0.783. The van der Waals surface area contributed by atoms with Crippen molar-refractivity contribution in [3.8, 4) is 0 Å². The van der Waals surface area contributed by atoms with Gasteiger partial charge in [0, 0.05) is 6.54 Å². The topological polar surface area (TPSA) is 41.3 Å². The van der Waals surface area contributed by atoms with E-state index in [-0.39, 0.29) is 0 Å². The Balaban J connectivity index is 2.11. The van der Waals surface area contributed by atoms with Crippen molar-refractivity contribution in [2.45, 2.75) is 25.5 Å². The lowest BCUT2D eigenvalue weighted by molar-refractivity contribution is 0.142. The quantitative estimate of drug-likeness (QED) is 0.853. The summed E-state index contributed by atoms with van der Waals surface area (Å²) < 4.78 is 1.82. The molecule has 1 N–H and O–H groups in total. The van der Waals surface area contributed by atoms with Gasteiger partial charge in [0.15, 0.2) is 0 Å². The molecule has 0 amide bonds. The second-order valence-corrected chi connectivity index (χ2v) is 5.09. The van der Waals surface area contributed by atoms with E-state index in [4.69, 9.17) is 11.6 Å². The van der Waals surface area contributed by atoms with Crippen molar-refractivity contribution in [3.63, 3.8) is 0 Å². The lowest BCUT2D eigenvalue weighted by atomic mass is 10.1. The van der Waals surface area contributed by atoms with Crippen molar-refractivity contribution in [1.29, 1.82) is 0 Å². The van der Waals surface area contributed by atoms with Gasteiger partial charge in [-0.25, -0.2) is 0 Å². The zero-order chi connectivity index (χ0) is 11.7. The van der Waals surface area contributed by atoms with Crippen LogP contribution in [0.3, 0.4) is 0 Å². The van der Waals surface area contributed by atoms with Gasteiger partial charge in [0.2, 0.25) is 0 Å². The number of hydrogen-bond acceptors (Lipinski definition) is 3. The van der Waals surface area contributed by atoms with Gasteiger partial charge in [-0.2, -0.15) is 5.10 Å². The standard InChI is InChI=1S/C11H18ClN3O/c1-14(2)5-6-15-10(9(12)7-13-15)11(16)8-3-4-8/h7-8,11,16H,3-6H2,1-2H3. The van der Waals surface area contributed by atoms with Crippen molar-refractivity contribution < 1.29 is 5.11 Å². The molecule has 1 aromatic rings. The molecule has 1 aliphatic carbocycles. The average Bonchev–Trinajstić information content (AvgIpc) is 2.99. The Hall–Kier alpha value is -0.580. The molecular weight excluding hydrogens is 226 g/mol. The maximum atomic E-state index is 10.1. The highest BCUT2D eigenvalue weighted by molar-refractivity contribution is 6.31. The van der Waals surface area contributed by atoms with Crippen LogP contribution in [-0.4, -0.2) is 40.4 Å². The van der Waals surface area contributed by atoms with Gasteiger partial charge in [-0.05, 0) is 32.9 Å². The van der Waals surface area contributed by atoms with Crippen molar-refractivity contribution >= 4 is 11.6 Å². The number of aromatic nitrogens is 2. The molecule has 4 nitrogen and oxygen atoms in total. The van der Waals surface area contributed by atoms with Gasteiger partial charge < -0.3 is 10.0 Å². The van der Waals surface area contributed by atoms with E-state index in [9.17, 15) is 5.11 Å². The Bertz CT molecular complexity index is 360. The van der Waals surface area contributed by atoms with Crippen LogP contribution in [0.25, 0.3) is 0 Å². The normalized spacial score (nSPS) is 18.1. The lowest BCUT2D eigenvalue weighted by Gasteiger charge is -2.15. The minimum atomic E-state index is -0.447. The maximum Gasteiger partial charge on any atom is 0.0999 e. The summed E-state index contributed by atoms with van der Waals surface area (Å²) in [6.07, 6.45) is 3.36. The fraction of sp³-hybridized carbons (Fsp3) is 0.727. The van der Waals surface area contributed by atoms with Gasteiger partial charge in [0.1, 0.15) is 0 Å². The van der Waals surface area contributed by atoms with Crippen LogP contribution in [0.2, 0.25) is 5.02 Å². The average molecular weight is 244 g/mol. The zero-order valence-corrected chi connectivity index (χ0v) is 10.5.